The number of amides is 1. The van der Waals surface area contributed by atoms with Crippen LogP contribution in [0.15, 0.2) is 72.9 Å². The van der Waals surface area contributed by atoms with Gasteiger partial charge in [0.25, 0.3) is 5.91 Å². The molecule has 174 valence electrons. The number of alkyl halides is 3. The first-order chi connectivity index (χ1) is 16.3. The van der Waals surface area contributed by atoms with Gasteiger partial charge in [-0.15, -0.1) is 13.2 Å². The molecular formula is C25H20F3N3O3. The number of aromatic nitrogens is 2. The zero-order valence-electron chi connectivity index (χ0n) is 18.1. The minimum atomic E-state index is -4.80. The van der Waals surface area contributed by atoms with Crippen molar-refractivity contribution in [1.29, 1.82) is 0 Å². The first kappa shape index (κ1) is 21.8. The van der Waals surface area contributed by atoms with Crippen molar-refractivity contribution in [2.24, 2.45) is 7.05 Å². The summed E-state index contributed by atoms with van der Waals surface area (Å²) >= 11 is 0. The molecule has 4 aromatic rings. The molecular weight excluding hydrogens is 447 g/mol. The predicted octanol–water partition coefficient (Wildman–Crippen LogP) is 4.93. The van der Waals surface area contributed by atoms with E-state index in [1.165, 1.54) is 24.3 Å². The first-order valence-electron chi connectivity index (χ1n) is 10.6. The molecule has 5 rings (SSSR count). The van der Waals surface area contributed by atoms with Crippen molar-refractivity contribution < 1.29 is 27.4 Å². The van der Waals surface area contributed by atoms with Crippen LogP contribution in [0, 0.1) is 0 Å². The molecule has 0 fully saturated rings. The van der Waals surface area contributed by atoms with Crippen LogP contribution < -0.4 is 14.8 Å². The maximum Gasteiger partial charge on any atom is 0.573 e. The molecule has 2 aromatic carbocycles. The van der Waals surface area contributed by atoms with E-state index in [9.17, 15) is 18.0 Å². The van der Waals surface area contributed by atoms with Crippen LogP contribution in [0.1, 0.15) is 28.2 Å². The number of rotatable bonds is 4. The van der Waals surface area contributed by atoms with Gasteiger partial charge in [-0.25, -0.2) is 0 Å². The third-order valence-corrected chi connectivity index (χ3v) is 6.00. The highest BCUT2D eigenvalue weighted by molar-refractivity contribution is 5.99. The van der Waals surface area contributed by atoms with Crippen LogP contribution in [-0.2, 0) is 12.6 Å². The molecule has 1 N–H and O–H groups in total. The summed E-state index contributed by atoms with van der Waals surface area (Å²) in [6.07, 6.45) is -2.87. The van der Waals surface area contributed by atoms with Crippen molar-refractivity contribution in [1.82, 2.24) is 14.9 Å². The van der Waals surface area contributed by atoms with Gasteiger partial charge < -0.3 is 19.4 Å². The second-order valence-electron chi connectivity index (χ2n) is 8.03. The normalized spacial score (nSPS) is 17.6. The monoisotopic (exact) mass is 467 g/mol. The Morgan fingerprint density at radius 2 is 1.88 bits per heavy atom. The molecule has 1 aliphatic heterocycles. The number of carbonyl (C=O) groups is 1. The Bertz CT molecular complexity index is 1370. The molecule has 0 radical (unpaired) electrons. The summed E-state index contributed by atoms with van der Waals surface area (Å²) in [5.74, 6) is -0.186. The lowest BCUT2D eigenvalue weighted by molar-refractivity contribution is -0.274. The highest BCUT2D eigenvalue weighted by Gasteiger charge is 2.43. The Kier molecular flexibility index (Phi) is 5.19. The van der Waals surface area contributed by atoms with E-state index in [4.69, 9.17) is 4.74 Å². The smallest absolute Gasteiger partial charge is 0.491 e. The van der Waals surface area contributed by atoms with Gasteiger partial charge in [0, 0.05) is 30.6 Å². The summed E-state index contributed by atoms with van der Waals surface area (Å²) in [7, 11) is 1.81. The highest BCUT2D eigenvalue weighted by Crippen LogP contribution is 2.41. The number of pyridine rings is 1. The predicted molar refractivity (Wildman–Crippen MR) is 119 cm³/mol. The first-order valence-corrected chi connectivity index (χ1v) is 10.6. The van der Waals surface area contributed by atoms with Crippen molar-refractivity contribution >= 4 is 16.8 Å². The maximum atomic E-state index is 13.6. The number of hydrogen-bond acceptors (Lipinski definition) is 4. The zero-order chi connectivity index (χ0) is 23.9. The van der Waals surface area contributed by atoms with Crippen molar-refractivity contribution in [3.05, 3.63) is 89.9 Å². The summed E-state index contributed by atoms with van der Waals surface area (Å²) in [6, 6.07) is 18.4. The van der Waals surface area contributed by atoms with Crippen molar-refractivity contribution in [3.8, 4) is 11.5 Å². The van der Waals surface area contributed by atoms with Gasteiger partial charge in [-0.2, -0.15) is 0 Å². The number of carbonyl (C=O) groups excluding carboxylic acids is 1. The van der Waals surface area contributed by atoms with E-state index in [1.807, 2.05) is 31.3 Å². The minimum Gasteiger partial charge on any atom is -0.491 e. The average Bonchev–Trinajstić information content (AvgIpc) is 3.15. The summed E-state index contributed by atoms with van der Waals surface area (Å²) < 4.78 is 49.5. The van der Waals surface area contributed by atoms with E-state index in [0.29, 0.717) is 29.1 Å². The largest absolute Gasteiger partial charge is 0.573 e. The Labute approximate surface area is 192 Å². The highest BCUT2D eigenvalue weighted by atomic mass is 19.4. The van der Waals surface area contributed by atoms with Gasteiger partial charge in [0.2, 0.25) is 0 Å². The number of para-hydroxylation sites is 1. The number of nitrogens with zero attached hydrogens (tertiary/aromatic N) is 2. The number of benzene rings is 2. The van der Waals surface area contributed by atoms with Crippen LogP contribution in [-0.4, -0.2) is 28.4 Å². The second-order valence-corrected chi connectivity index (χ2v) is 8.03. The Morgan fingerprint density at radius 1 is 1.12 bits per heavy atom. The number of fused-ring (bicyclic) bond motifs is 2. The van der Waals surface area contributed by atoms with E-state index in [0.717, 1.165) is 10.9 Å². The van der Waals surface area contributed by atoms with Gasteiger partial charge >= 0.3 is 6.36 Å². The standard InChI is InChI=1S/C25H20F3N3O3/c1-31-19-6-3-2-5-16(19)15-20(31)23(32)30-24(12-14-33-21-7-4-13-29-22(21)24)17-8-10-18(11-9-17)34-25(26,27)28/h2-11,13,15H,12,14H2,1H3,(H,30,32)/t24-/m0/s1. The molecule has 9 heteroatoms. The van der Waals surface area contributed by atoms with Gasteiger partial charge in [0.15, 0.2) is 0 Å². The summed E-state index contributed by atoms with van der Waals surface area (Å²) in [5.41, 5.74) is 1.29. The van der Waals surface area contributed by atoms with Crippen LogP contribution in [0.5, 0.6) is 11.5 Å². The van der Waals surface area contributed by atoms with Gasteiger partial charge in [-0.1, -0.05) is 30.3 Å². The molecule has 0 spiro atoms. The van der Waals surface area contributed by atoms with E-state index in [1.54, 1.807) is 29.0 Å². The molecule has 1 aliphatic rings. The topological polar surface area (TPSA) is 65.4 Å². The number of hydrogen-bond donors (Lipinski definition) is 1. The van der Waals surface area contributed by atoms with Gasteiger partial charge in [0.1, 0.15) is 28.4 Å². The lowest BCUT2D eigenvalue weighted by Gasteiger charge is -2.39. The van der Waals surface area contributed by atoms with Crippen LogP contribution in [0.3, 0.4) is 0 Å². The molecule has 0 unspecified atom stereocenters. The Balaban J connectivity index is 1.58. The number of aryl methyl sites for hydroxylation is 1. The quantitative estimate of drug-likeness (QED) is 0.462. The second kappa shape index (κ2) is 8.09. The Morgan fingerprint density at radius 3 is 2.62 bits per heavy atom. The molecule has 0 bridgehead atoms. The van der Waals surface area contributed by atoms with Gasteiger partial charge in [0.05, 0.1) is 6.61 Å². The van der Waals surface area contributed by atoms with Crippen molar-refractivity contribution in [2.45, 2.75) is 18.3 Å². The third kappa shape index (κ3) is 3.83. The molecule has 34 heavy (non-hydrogen) atoms. The summed E-state index contributed by atoms with van der Waals surface area (Å²) in [6.45, 7) is 0.287. The maximum absolute atomic E-state index is 13.6. The molecule has 1 amide bonds. The fourth-order valence-electron chi connectivity index (χ4n) is 4.44. The number of nitrogens with one attached hydrogen (secondary N) is 1. The van der Waals surface area contributed by atoms with Crippen LogP contribution in [0.4, 0.5) is 13.2 Å². The van der Waals surface area contributed by atoms with Crippen LogP contribution >= 0.6 is 0 Å². The molecule has 0 saturated carbocycles. The SMILES string of the molecule is Cn1c(C(=O)N[C@]2(c3ccc(OC(F)(F)F)cc3)CCOc3cccnc32)cc2ccccc21. The number of ether oxygens (including phenoxy) is 2. The third-order valence-electron chi connectivity index (χ3n) is 6.00. The summed E-state index contributed by atoms with van der Waals surface area (Å²) in [5, 5.41) is 4.05. The molecule has 1 atom stereocenters. The molecule has 0 aliphatic carbocycles. The minimum absolute atomic E-state index is 0.287. The average molecular weight is 467 g/mol. The van der Waals surface area contributed by atoms with Gasteiger partial charge in [-0.05, 0) is 42.0 Å². The van der Waals surface area contributed by atoms with E-state index >= 15 is 0 Å². The molecule has 0 saturated heterocycles. The van der Waals surface area contributed by atoms with E-state index in [-0.39, 0.29) is 18.3 Å². The van der Waals surface area contributed by atoms with Crippen molar-refractivity contribution in [2.75, 3.05) is 6.61 Å². The van der Waals surface area contributed by atoms with Crippen LogP contribution in [0.2, 0.25) is 0 Å². The van der Waals surface area contributed by atoms with Crippen LogP contribution in [0.25, 0.3) is 10.9 Å². The summed E-state index contributed by atoms with van der Waals surface area (Å²) in [4.78, 5) is 18.1. The molecule has 6 nitrogen and oxygen atoms in total. The fraction of sp³-hybridized carbons (Fsp3) is 0.200. The van der Waals surface area contributed by atoms with E-state index in [2.05, 4.69) is 15.0 Å². The van der Waals surface area contributed by atoms with Crippen molar-refractivity contribution in [3.63, 3.8) is 0 Å². The number of halogens is 3. The lowest BCUT2D eigenvalue weighted by Crippen LogP contribution is -2.50. The Hall–Kier alpha value is -4.01. The fourth-order valence-corrected chi connectivity index (χ4v) is 4.44. The molecule has 2 aromatic heterocycles. The zero-order valence-corrected chi connectivity index (χ0v) is 18.1. The van der Waals surface area contributed by atoms with Gasteiger partial charge in [-0.3, -0.25) is 9.78 Å². The van der Waals surface area contributed by atoms with E-state index < -0.39 is 11.9 Å². The lowest BCUT2D eigenvalue weighted by atomic mass is 9.81. The molecule has 3 heterocycles.